The van der Waals surface area contributed by atoms with Gasteiger partial charge in [-0.1, -0.05) is 18.2 Å². The van der Waals surface area contributed by atoms with E-state index in [0.29, 0.717) is 28.5 Å². The normalized spacial score (nSPS) is 16.6. The zero-order chi connectivity index (χ0) is 18.0. The minimum Gasteiger partial charge on any atom is -0.493 e. The quantitative estimate of drug-likeness (QED) is 0.621. The molecule has 0 unspecified atom stereocenters. The second-order valence-electron chi connectivity index (χ2n) is 5.59. The maximum Gasteiger partial charge on any atom is 0.264 e. The number of rotatable bonds is 5. The Morgan fingerprint density at radius 2 is 1.72 bits per heavy atom. The van der Waals surface area contributed by atoms with E-state index < -0.39 is 5.92 Å². The summed E-state index contributed by atoms with van der Waals surface area (Å²) in [4.78, 5) is 25.6. The highest BCUT2D eigenvalue weighted by Crippen LogP contribution is 2.31. The van der Waals surface area contributed by atoms with Gasteiger partial charge < -0.3 is 9.47 Å². The second kappa shape index (κ2) is 6.76. The van der Waals surface area contributed by atoms with E-state index in [1.807, 2.05) is 18.2 Å². The molecule has 25 heavy (non-hydrogen) atoms. The average Bonchev–Trinajstić information content (AvgIpc) is 2.95. The van der Waals surface area contributed by atoms with E-state index in [4.69, 9.17) is 9.47 Å². The van der Waals surface area contributed by atoms with Gasteiger partial charge in [0.05, 0.1) is 25.6 Å². The van der Waals surface area contributed by atoms with Crippen LogP contribution in [0.1, 0.15) is 17.3 Å². The monoisotopic (exact) mass is 338 g/mol. The van der Waals surface area contributed by atoms with Gasteiger partial charge in [-0.3, -0.25) is 9.59 Å². The maximum absolute atomic E-state index is 12.9. The van der Waals surface area contributed by atoms with Gasteiger partial charge >= 0.3 is 0 Å². The minimum atomic E-state index is -0.932. The van der Waals surface area contributed by atoms with Crippen molar-refractivity contribution in [2.45, 2.75) is 6.92 Å². The first-order chi connectivity index (χ1) is 12.1. The number of carbonyl (C=O) groups excluding carboxylic acids is 2. The highest BCUT2D eigenvalue weighted by Gasteiger charge is 2.40. The number of benzene rings is 2. The summed E-state index contributed by atoms with van der Waals surface area (Å²) in [6.07, 6.45) is 0. The van der Waals surface area contributed by atoms with E-state index in [9.17, 15) is 9.59 Å². The second-order valence-corrected chi connectivity index (χ2v) is 5.59. The first-order valence-electron chi connectivity index (χ1n) is 7.77. The third kappa shape index (κ3) is 2.98. The fraction of sp³-hybridized carbons (Fsp3) is 0.211. The lowest BCUT2D eigenvalue weighted by Crippen LogP contribution is -2.32. The Bertz CT molecular complexity index is 846. The van der Waals surface area contributed by atoms with Crippen LogP contribution in [0.3, 0.4) is 0 Å². The summed E-state index contributed by atoms with van der Waals surface area (Å²) in [5, 5.41) is 5.54. The van der Waals surface area contributed by atoms with Crippen LogP contribution in [0.25, 0.3) is 0 Å². The highest BCUT2D eigenvalue weighted by atomic mass is 16.5. The molecule has 6 heteroatoms. The van der Waals surface area contributed by atoms with Gasteiger partial charge in [0.2, 0.25) is 0 Å². The number of hydrogen-bond acceptors (Lipinski definition) is 5. The highest BCUT2D eigenvalue weighted by molar-refractivity contribution is 6.30. The Morgan fingerprint density at radius 1 is 1.04 bits per heavy atom. The third-order valence-corrected chi connectivity index (χ3v) is 4.06. The lowest BCUT2D eigenvalue weighted by Gasteiger charge is -2.14. The van der Waals surface area contributed by atoms with Gasteiger partial charge in [0, 0.05) is 5.56 Å². The average molecular weight is 338 g/mol. The fourth-order valence-corrected chi connectivity index (χ4v) is 2.78. The smallest absolute Gasteiger partial charge is 0.264 e. The van der Waals surface area contributed by atoms with Crippen molar-refractivity contribution in [2.24, 2.45) is 11.0 Å². The molecule has 1 amide bonds. The first kappa shape index (κ1) is 16.7. The van der Waals surface area contributed by atoms with E-state index in [1.54, 1.807) is 37.3 Å². The summed E-state index contributed by atoms with van der Waals surface area (Å²) >= 11 is 0. The van der Waals surface area contributed by atoms with Crippen molar-refractivity contribution >= 4 is 23.1 Å². The molecule has 0 radical (unpaired) electrons. The third-order valence-electron chi connectivity index (χ3n) is 4.06. The summed E-state index contributed by atoms with van der Waals surface area (Å²) in [5.74, 6) is -0.645. The molecule has 0 N–H and O–H groups in total. The van der Waals surface area contributed by atoms with E-state index in [1.165, 1.54) is 19.2 Å². The van der Waals surface area contributed by atoms with Crippen molar-refractivity contribution in [3.05, 3.63) is 54.1 Å². The topological polar surface area (TPSA) is 68.2 Å². The zero-order valence-electron chi connectivity index (χ0n) is 14.2. The van der Waals surface area contributed by atoms with Crippen LogP contribution in [-0.4, -0.2) is 31.6 Å². The molecular weight excluding hydrogens is 320 g/mol. The van der Waals surface area contributed by atoms with Crippen molar-refractivity contribution in [2.75, 3.05) is 19.2 Å². The Kier molecular flexibility index (Phi) is 4.52. The van der Waals surface area contributed by atoms with Gasteiger partial charge in [-0.15, -0.1) is 0 Å². The zero-order valence-corrected chi connectivity index (χ0v) is 14.2. The predicted molar refractivity (Wildman–Crippen MR) is 94.4 cm³/mol. The van der Waals surface area contributed by atoms with Gasteiger partial charge in [0.1, 0.15) is 5.92 Å². The van der Waals surface area contributed by atoms with Crippen molar-refractivity contribution in [1.29, 1.82) is 0 Å². The number of Topliss-reactive ketones (excluding diaryl/α,β-unsaturated/α-hetero) is 1. The lowest BCUT2D eigenvalue weighted by atomic mass is 9.93. The van der Waals surface area contributed by atoms with Crippen LogP contribution in [0.4, 0.5) is 5.69 Å². The van der Waals surface area contributed by atoms with Crippen molar-refractivity contribution in [1.82, 2.24) is 0 Å². The number of para-hydroxylation sites is 1. The number of methoxy groups -OCH3 is 2. The van der Waals surface area contributed by atoms with Gasteiger partial charge in [0.15, 0.2) is 17.3 Å². The molecule has 2 aromatic rings. The first-order valence-corrected chi connectivity index (χ1v) is 7.77. The molecule has 1 heterocycles. The molecule has 0 bridgehead atoms. The largest absolute Gasteiger partial charge is 0.493 e. The summed E-state index contributed by atoms with van der Waals surface area (Å²) in [5.41, 5.74) is 1.48. The van der Waals surface area contributed by atoms with E-state index >= 15 is 0 Å². The van der Waals surface area contributed by atoms with Crippen LogP contribution in [-0.2, 0) is 4.79 Å². The van der Waals surface area contributed by atoms with Crippen LogP contribution >= 0.6 is 0 Å². The summed E-state index contributed by atoms with van der Waals surface area (Å²) < 4.78 is 10.4. The molecule has 0 fully saturated rings. The number of ketones is 1. The number of anilines is 1. The standard InChI is InChI=1S/C19H18N2O4/c1-12-17(19(23)21(20-12)14-7-5-4-6-8-14)18(22)13-9-10-15(24-2)16(11-13)25-3/h4-11,17H,1-3H3/t17-/m1/s1. The van der Waals surface area contributed by atoms with Gasteiger partial charge in [0.25, 0.3) is 5.91 Å². The van der Waals surface area contributed by atoms with Gasteiger partial charge in [-0.2, -0.15) is 10.1 Å². The Balaban J connectivity index is 1.91. The minimum absolute atomic E-state index is 0.314. The van der Waals surface area contributed by atoms with Crippen LogP contribution in [0.5, 0.6) is 11.5 Å². The van der Waals surface area contributed by atoms with Crippen molar-refractivity contribution in [3.8, 4) is 11.5 Å². The Morgan fingerprint density at radius 3 is 2.36 bits per heavy atom. The molecule has 1 aliphatic heterocycles. The van der Waals surface area contributed by atoms with Crippen LogP contribution in [0.2, 0.25) is 0 Å². The number of hydrogen-bond donors (Lipinski definition) is 0. The van der Waals surface area contributed by atoms with Crippen LogP contribution in [0, 0.1) is 5.92 Å². The molecule has 0 aliphatic carbocycles. The van der Waals surface area contributed by atoms with Crippen LogP contribution < -0.4 is 14.5 Å². The molecule has 6 nitrogen and oxygen atoms in total. The Hall–Kier alpha value is -3.15. The number of hydrazone groups is 1. The van der Waals surface area contributed by atoms with Crippen molar-refractivity contribution in [3.63, 3.8) is 0 Å². The molecule has 1 aliphatic rings. The number of ether oxygens (including phenoxy) is 2. The molecule has 0 saturated heterocycles. The van der Waals surface area contributed by atoms with E-state index in [-0.39, 0.29) is 11.7 Å². The summed E-state index contributed by atoms with van der Waals surface area (Å²) in [7, 11) is 3.02. The Labute approximate surface area is 145 Å². The van der Waals surface area contributed by atoms with Gasteiger partial charge in [-0.05, 0) is 37.3 Å². The fourth-order valence-electron chi connectivity index (χ4n) is 2.78. The molecule has 0 spiro atoms. The molecule has 0 aromatic heterocycles. The number of nitrogens with zero attached hydrogens (tertiary/aromatic N) is 2. The van der Waals surface area contributed by atoms with E-state index in [2.05, 4.69) is 5.10 Å². The van der Waals surface area contributed by atoms with Crippen LogP contribution in [0.15, 0.2) is 53.6 Å². The van der Waals surface area contributed by atoms with Crippen molar-refractivity contribution < 1.29 is 19.1 Å². The molecular formula is C19H18N2O4. The molecule has 0 saturated carbocycles. The van der Waals surface area contributed by atoms with E-state index in [0.717, 1.165) is 0 Å². The summed E-state index contributed by atoms with van der Waals surface area (Å²) in [6.45, 7) is 1.68. The van der Waals surface area contributed by atoms with Gasteiger partial charge in [-0.25, -0.2) is 0 Å². The lowest BCUT2D eigenvalue weighted by molar-refractivity contribution is -0.118. The summed E-state index contributed by atoms with van der Waals surface area (Å²) in [6, 6.07) is 13.9. The SMILES string of the molecule is COc1ccc(C(=O)[C@@H]2C(=O)N(c3ccccc3)N=C2C)cc1OC. The number of carbonyl (C=O) groups is 2. The molecule has 1 atom stereocenters. The maximum atomic E-state index is 12.9. The number of amides is 1. The molecule has 2 aromatic carbocycles. The molecule has 128 valence electrons. The molecule has 3 rings (SSSR count). The predicted octanol–water partition coefficient (Wildman–Crippen LogP) is 2.93.